The van der Waals surface area contributed by atoms with Gasteiger partial charge in [0.15, 0.2) is 0 Å². The average molecular weight is 165 g/mol. The van der Waals surface area contributed by atoms with E-state index in [1.165, 1.54) is 0 Å². The fourth-order valence-corrected chi connectivity index (χ4v) is 1.50. The smallest absolute Gasteiger partial charge is 0.227 e. The first-order valence-corrected chi connectivity index (χ1v) is 4.16. The van der Waals surface area contributed by atoms with E-state index in [1.54, 1.807) is 6.26 Å². The number of rotatable bonds is 1. The van der Waals surface area contributed by atoms with Gasteiger partial charge in [-0.05, 0) is 18.6 Å². The molecule has 0 N–H and O–H groups in total. The van der Waals surface area contributed by atoms with Gasteiger partial charge in [-0.2, -0.15) is 0 Å². The second-order valence-electron chi connectivity index (χ2n) is 2.91. The summed E-state index contributed by atoms with van der Waals surface area (Å²) in [5.74, 6) is 0.229. The second kappa shape index (κ2) is 3.01. The number of hydrogen-bond acceptors (Lipinski definition) is 2. The summed E-state index contributed by atoms with van der Waals surface area (Å²) in [6.07, 6.45) is 7.08. The maximum absolute atomic E-state index is 11.3. The predicted octanol–water partition coefficient (Wildman–Crippen LogP) is 1.04. The Morgan fingerprint density at radius 2 is 2.42 bits per heavy atom. The quantitative estimate of drug-likeness (QED) is 0.581. The summed E-state index contributed by atoms with van der Waals surface area (Å²) in [5.41, 5.74) is 0.990. The fraction of sp³-hybridized carbons (Fsp3) is 0.444. The average Bonchev–Trinajstić information content (AvgIpc) is 2.53. The minimum absolute atomic E-state index is 0.229. The van der Waals surface area contributed by atoms with Crippen molar-refractivity contribution in [2.75, 3.05) is 13.2 Å². The molecule has 0 unspecified atom stereocenters. The van der Waals surface area contributed by atoms with Crippen LogP contribution in [0.1, 0.15) is 12.8 Å². The third-order valence-corrected chi connectivity index (χ3v) is 2.11. The number of amides is 1. The van der Waals surface area contributed by atoms with Crippen molar-refractivity contribution in [3.05, 3.63) is 24.1 Å². The van der Waals surface area contributed by atoms with E-state index in [0.29, 0.717) is 13.0 Å². The maximum atomic E-state index is 11.3. The van der Waals surface area contributed by atoms with Gasteiger partial charge in [-0.25, -0.2) is 0 Å². The van der Waals surface area contributed by atoms with E-state index in [-0.39, 0.29) is 5.91 Å². The lowest BCUT2D eigenvalue weighted by atomic mass is 10.3. The standard InChI is InChI=1S/C9H11NO2/c11-9-2-1-5-10(9)8-3-6-12-7-4-8/h3-4,6H,1-2,5,7H2. The Kier molecular flexibility index (Phi) is 1.86. The summed E-state index contributed by atoms with van der Waals surface area (Å²) in [5, 5.41) is 0. The van der Waals surface area contributed by atoms with Crippen LogP contribution in [0.3, 0.4) is 0 Å². The number of nitrogens with zero attached hydrogens (tertiary/aromatic N) is 1. The van der Waals surface area contributed by atoms with Crippen molar-refractivity contribution in [2.45, 2.75) is 12.8 Å². The molecule has 0 aliphatic carbocycles. The maximum Gasteiger partial charge on any atom is 0.227 e. The highest BCUT2D eigenvalue weighted by molar-refractivity contribution is 5.80. The third-order valence-electron chi connectivity index (χ3n) is 2.11. The summed E-state index contributed by atoms with van der Waals surface area (Å²) >= 11 is 0. The first-order valence-electron chi connectivity index (χ1n) is 4.16. The molecule has 3 heteroatoms. The Morgan fingerprint density at radius 3 is 3.00 bits per heavy atom. The van der Waals surface area contributed by atoms with Gasteiger partial charge in [-0.15, -0.1) is 0 Å². The number of hydrogen-bond donors (Lipinski definition) is 0. The normalized spacial score (nSPS) is 22.5. The van der Waals surface area contributed by atoms with E-state index in [1.807, 2.05) is 17.1 Å². The van der Waals surface area contributed by atoms with Crippen LogP contribution in [0.15, 0.2) is 24.1 Å². The van der Waals surface area contributed by atoms with Crippen molar-refractivity contribution in [3.63, 3.8) is 0 Å². The fourth-order valence-electron chi connectivity index (χ4n) is 1.50. The number of carbonyl (C=O) groups excluding carboxylic acids is 1. The summed E-state index contributed by atoms with van der Waals surface area (Å²) in [4.78, 5) is 13.1. The minimum Gasteiger partial charge on any atom is -0.497 e. The molecule has 1 amide bonds. The van der Waals surface area contributed by atoms with Crippen molar-refractivity contribution in [2.24, 2.45) is 0 Å². The predicted molar refractivity (Wildman–Crippen MR) is 44.1 cm³/mol. The zero-order chi connectivity index (χ0) is 8.39. The molecule has 1 fully saturated rings. The largest absolute Gasteiger partial charge is 0.497 e. The molecule has 1 saturated heterocycles. The number of likely N-dealkylation sites (tertiary alicyclic amines) is 1. The molecule has 0 saturated carbocycles. The van der Waals surface area contributed by atoms with Gasteiger partial charge in [0.2, 0.25) is 5.91 Å². The van der Waals surface area contributed by atoms with Crippen LogP contribution in [-0.4, -0.2) is 24.0 Å². The summed E-state index contributed by atoms with van der Waals surface area (Å²) < 4.78 is 5.00. The number of ether oxygens (including phenoxy) is 1. The second-order valence-corrected chi connectivity index (χ2v) is 2.91. The van der Waals surface area contributed by atoms with Gasteiger partial charge in [0.25, 0.3) is 0 Å². The Hall–Kier alpha value is -1.25. The van der Waals surface area contributed by atoms with Crippen molar-refractivity contribution in [1.82, 2.24) is 4.90 Å². The molecule has 0 radical (unpaired) electrons. The molecule has 12 heavy (non-hydrogen) atoms. The number of allylic oxidation sites excluding steroid dienone is 1. The monoisotopic (exact) mass is 165 g/mol. The Labute approximate surface area is 71.3 Å². The van der Waals surface area contributed by atoms with Gasteiger partial charge >= 0.3 is 0 Å². The lowest BCUT2D eigenvalue weighted by Gasteiger charge is -2.18. The highest BCUT2D eigenvalue weighted by atomic mass is 16.5. The topological polar surface area (TPSA) is 29.5 Å². The third kappa shape index (κ3) is 1.22. The molecule has 64 valence electrons. The van der Waals surface area contributed by atoms with E-state index < -0.39 is 0 Å². The van der Waals surface area contributed by atoms with Crippen LogP contribution < -0.4 is 0 Å². The SMILES string of the molecule is O=C1CCCN1C1=CCOC=C1. The molecule has 0 spiro atoms. The van der Waals surface area contributed by atoms with Crippen LogP contribution >= 0.6 is 0 Å². The highest BCUT2D eigenvalue weighted by Gasteiger charge is 2.22. The summed E-state index contributed by atoms with van der Waals surface area (Å²) in [6.45, 7) is 1.44. The van der Waals surface area contributed by atoms with Crippen LogP contribution in [0.2, 0.25) is 0 Å². The molecule has 0 bridgehead atoms. The van der Waals surface area contributed by atoms with Gasteiger partial charge in [0.1, 0.15) is 6.61 Å². The van der Waals surface area contributed by atoms with Crippen LogP contribution in [0.5, 0.6) is 0 Å². The summed E-state index contributed by atoms with van der Waals surface area (Å²) in [7, 11) is 0. The molecule has 0 aromatic rings. The van der Waals surface area contributed by atoms with E-state index in [0.717, 1.165) is 18.7 Å². The first-order chi connectivity index (χ1) is 5.88. The molecule has 3 nitrogen and oxygen atoms in total. The van der Waals surface area contributed by atoms with E-state index in [4.69, 9.17) is 4.74 Å². The first kappa shape index (κ1) is 7.40. The Balaban J connectivity index is 2.13. The van der Waals surface area contributed by atoms with Gasteiger partial charge < -0.3 is 9.64 Å². The molecule has 2 aliphatic heterocycles. The van der Waals surface area contributed by atoms with E-state index in [9.17, 15) is 4.79 Å². The van der Waals surface area contributed by atoms with Crippen LogP contribution in [-0.2, 0) is 9.53 Å². The molecular formula is C9H11NO2. The lowest BCUT2D eigenvalue weighted by Crippen LogP contribution is -2.24. The van der Waals surface area contributed by atoms with E-state index in [2.05, 4.69) is 0 Å². The van der Waals surface area contributed by atoms with Gasteiger partial charge in [0.05, 0.1) is 6.26 Å². The highest BCUT2D eigenvalue weighted by Crippen LogP contribution is 2.18. The Bertz CT molecular complexity index is 255. The molecule has 0 aromatic carbocycles. The van der Waals surface area contributed by atoms with Crippen molar-refractivity contribution < 1.29 is 9.53 Å². The molecular weight excluding hydrogens is 154 g/mol. The van der Waals surface area contributed by atoms with Gasteiger partial charge in [-0.3, -0.25) is 4.79 Å². The molecule has 2 rings (SSSR count). The van der Waals surface area contributed by atoms with Crippen LogP contribution in [0, 0.1) is 0 Å². The van der Waals surface area contributed by atoms with Crippen molar-refractivity contribution >= 4 is 5.91 Å². The zero-order valence-corrected chi connectivity index (χ0v) is 6.82. The van der Waals surface area contributed by atoms with E-state index >= 15 is 0 Å². The molecule has 0 aromatic heterocycles. The molecule has 2 heterocycles. The molecule has 0 atom stereocenters. The van der Waals surface area contributed by atoms with Gasteiger partial charge in [0, 0.05) is 18.7 Å². The van der Waals surface area contributed by atoms with Crippen LogP contribution in [0.25, 0.3) is 0 Å². The zero-order valence-electron chi connectivity index (χ0n) is 6.82. The Morgan fingerprint density at radius 1 is 1.50 bits per heavy atom. The van der Waals surface area contributed by atoms with Gasteiger partial charge in [-0.1, -0.05) is 0 Å². The minimum atomic E-state index is 0.229. The number of carbonyl (C=O) groups is 1. The molecule has 2 aliphatic rings. The van der Waals surface area contributed by atoms with Crippen LogP contribution in [0.4, 0.5) is 0 Å². The van der Waals surface area contributed by atoms with Crippen molar-refractivity contribution in [1.29, 1.82) is 0 Å². The lowest BCUT2D eigenvalue weighted by molar-refractivity contribution is -0.125. The summed E-state index contributed by atoms with van der Waals surface area (Å²) in [6, 6.07) is 0. The van der Waals surface area contributed by atoms with Crippen molar-refractivity contribution in [3.8, 4) is 0 Å².